The molecule has 0 saturated heterocycles. The molecule has 5 aromatic rings. The quantitative estimate of drug-likeness (QED) is 0.315. The molecule has 0 radical (unpaired) electrons. The van der Waals surface area contributed by atoms with E-state index < -0.39 is 0 Å². The Bertz CT molecular complexity index is 1450. The molecule has 3 heterocycles. The summed E-state index contributed by atoms with van der Waals surface area (Å²) in [6.45, 7) is 4.58. The maximum absolute atomic E-state index is 11.7. The average molecular weight is 507 g/mol. The molecular formula is C23H19BrN6O3. The molecular weight excluding hydrogens is 488 g/mol. The fourth-order valence-corrected chi connectivity index (χ4v) is 4.43. The Balaban J connectivity index is 1.57. The molecule has 3 aromatic heterocycles. The van der Waals surface area contributed by atoms with Crippen LogP contribution in [0.2, 0.25) is 0 Å². The van der Waals surface area contributed by atoms with Gasteiger partial charge in [0.25, 0.3) is 6.01 Å². The molecule has 0 aliphatic rings. The number of halogens is 1. The fraction of sp³-hybridized carbons (Fsp3) is 0.174. The van der Waals surface area contributed by atoms with Crippen molar-refractivity contribution < 1.29 is 13.9 Å². The van der Waals surface area contributed by atoms with Crippen LogP contribution in [0.25, 0.3) is 33.7 Å². The minimum absolute atomic E-state index is 0.429. The molecule has 0 aliphatic carbocycles. The number of tetrazole rings is 1. The van der Waals surface area contributed by atoms with Gasteiger partial charge in [0.2, 0.25) is 5.82 Å². The van der Waals surface area contributed by atoms with Gasteiger partial charge in [0.05, 0.1) is 23.3 Å². The maximum atomic E-state index is 11.7. The standard InChI is InChI=1S/C23H19BrN6O3/c1-3-32-23-25-13(2)18(12-31)30(23)11-14-8-9-19-17(10-14)20(24)21(33-19)15-6-4-5-7-16(15)22-26-28-29-27-22/h4-10,12H,3,11H2,1-2H3,(H,26,27,28,29). The van der Waals surface area contributed by atoms with Crippen molar-refractivity contribution in [3.05, 3.63) is 63.9 Å². The van der Waals surface area contributed by atoms with Gasteiger partial charge in [-0.15, -0.1) is 10.2 Å². The first kappa shape index (κ1) is 21.1. The highest BCUT2D eigenvalue weighted by atomic mass is 79.9. The smallest absolute Gasteiger partial charge is 0.297 e. The van der Waals surface area contributed by atoms with E-state index >= 15 is 0 Å². The number of benzene rings is 2. The number of carbonyl (C=O) groups is 1. The van der Waals surface area contributed by atoms with Crippen LogP contribution in [-0.4, -0.2) is 43.1 Å². The third kappa shape index (κ3) is 3.72. The van der Waals surface area contributed by atoms with Crippen molar-refractivity contribution in [2.24, 2.45) is 0 Å². The van der Waals surface area contributed by atoms with E-state index in [1.54, 1.807) is 11.5 Å². The highest BCUT2D eigenvalue weighted by Crippen LogP contribution is 2.41. The first-order chi connectivity index (χ1) is 16.1. The van der Waals surface area contributed by atoms with Gasteiger partial charge < -0.3 is 9.15 Å². The second kappa shape index (κ2) is 8.62. The van der Waals surface area contributed by atoms with E-state index in [4.69, 9.17) is 9.15 Å². The van der Waals surface area contributed by atoms with Crippen molar-refractivity contribution in [3.8, 4) is 28.7 Å². The molecule has 1 N–H and O–H groups in total. The molecule has 33 heavy (non-hydrogen) atoms. The number of aldehydes is 1. The lowest BCUT2D eigenvalue weighted by atomic mass is 10.0. The van der Waals surface area contributed by atoms with Crippen LogP contribution in [-0.2, 0) is 6.54 Å². The molecule has 0 bridgehead atoms. The Labute approximate surface area is 196 Å². The summed E-state index contributed by atoms with van der Waals surface area (Å²) in [5.41, 5.74) is 4.49. The predicted octanol–water partition coefficient (Wildman–Crippen LogP) is 4.81. The average Bonchev–Trinajstić information content (AvgIpc) is 3.54. The van der Waals surface area contributed by atoms with E-state index in [0.29, 0.717) is 42.1 Å². The van der Waals surface area contributed by atoms with Gasteiger partial charge in [0, 0.05) is 16.5 Å². The highest BCUT2D eigenvalue weighted by molar-refractivity contribution is 9.10. The van der Waals surface area contributed by atoms with Crippen LogP contribution < -0.4 is 4.74 Å². The summed E-state index contributed by atoms with van der Waals surface area (Å²) in [7, 11) is 0. The monoisotopic (exact) mass is 506 g/mol. The zero-order valence-corrected chi connectivity index (χ0v) is 19.5. The maximum Gasteiger partial charge on any atom is 0.297 e. The van der Waals surface area contributed by atoms with Crippen molar-refractivity contribution in [3.63, 3.8) is 0 Å². The molecule has 0 amide bonds. The number of imidazole rings is 1. The number of carbonyl (C=O) groups excluding carboxylic acids is 1. The number of nitrogens with one attached hydrogen (secondary N) is 1. The number of rotatable bonds is 7. The summed E-state index contributed by atoms with van der Waals surface area (Å²) in [6.07, 6.45) is 0.810. The zero-order valence-electron chi connectivity index (χ0n) is 17.9. The van der Waals surface area contributed by atoms with Crippen LogP contribution in [0, 0.1) is 6.92 Å². The van der Waals surface area contributed by atoms with Crippen molar-refractivity contribution in [1.29, 1.82) is 0 Å². The number of aryl methyl sites for hydroxylation is 1. The predicted molar refractivity (Wildman–Crippen MR) is 125 cm³/mol. The number of fused-ring (bicyclic) bond motifs is 1. The van der Waals surface area contributed by atoms with Crippen LogP contribution >= 0.6 is 15.9 Å². The number of hydrogen-bond donors (Lipinski definition) is 1. The Kier molecular flexibility index (Phi) is 5.51. The summed E-state index contributed by atoms with van der Waals surface area (Å²) in [5, 5.41) is 15.3. The minimum atomic E-state index is 0.429. The normalized spacial score (nSPS) is 11.2. The third-order valence-corrected chi connectivity index (χ3v) is 6.12. The number of aromatic amines is 1. The molecule has 0 aliphatic heterocycles. The minimum Gasteiger partial charge on any atom is -0.465 e. The van der Waals surface area contributed by atoms with E-state index in [9.17, 15) is 4.79 Å². The van der Waals surface area contributed by atoms with Crippen molar-refractivity contribution in [2.75, 3.05) is 6.61 Å². The van der Waals surface area contributed by atoms with Crippen LogP contribution in [0.1, 0.15) is 28.7 Å². The van der Waals surface area contributed by atoms with Gasteiger partial charge in [-0.05, 0) is 52.7 Å². The van der Waals surface area contributed by atoms with Crippen LogP contribution in [0.4, 0.5) is 0 Å². The van der Waals surface area contributed by atoms with E-state index in [1.165, 1.54) is 0 Å². The Morgan fingerprint density at radius 2 is 2.03 bits per heavy atom. The van der Waals surface area contributed by atoms with Gasteiger partial charge >= 0.3 is 0 Å². The van der Waals surface area contributed by atoms with Crippen molar-refractivity contribution >= 4 is 33.2 Å². The van der Waals surface area contributed by atoms with Crippen LogP contribution in [0.5, 0.6) is 6.01 Å². The number of furan rings is 1. The number of H-pyrrole nitrogens is 1. The Hall–Kier alpha value is -3.79. The van der Waals surface area contributed by atoms with Crippen LogP contribution in [0.3, 0.4) is 0 Å². The topological polar surface area (TPSA) is 112 Å². The van der Waals surface area contributed by atoms with E-state index in [2.05, 4.69) is 41.5 Å². The van der Waals surface area contributed by atoms with Gasteiger partial charge in [-0.25, -0.2) is 0 Å². The summed E-state index contributed by atoms with van der Waals surface area (Å²) in [4.78, 5) is 16.0. The molecule has 166 valence electrons. The number of ether oxygens (including phenoxy) is 1. The van der Waals surface area contributed by atoms with Crippen molar-refractivity contribution in [2.45, 2.75) is 20.4 Å². The summed E-state index contributed by atoms with van der Waals surface area (Å²) in [5.74, 6) is 1.16. The SMILES string of the molecule is CCOc1nc(C)c(C=O)n1Cc1ccc2oc(-c3ccccc3-c3nn[nH]n3)c(Br)c2c1. The largest absolute Gasteiger partial charge is 0.465 e. The third-order valence-electron chi connectivity index (χ3n) is 5.33. The first-order valence-corrected chi connectivity index (χ1v) is 11.1. The zero-order chi connectivity index (χ0) is 22.9. The molecule has 5 rings (SSSR count). The summed E-state index contributed by atoms with van der Waals surface area (Å²) >= 11 is 3.72. The molecule has 0 unspecified atom stereocenters. The summed E-state index contributed by atoms with van der Waals surface area (Å²) in [6, 6.07) is 14.1. The first-order valence-electron chi connectivity index (χ1n) is 10.3. The lowest BCUT2D eigenvalue weighted by Crippen LogP contribution is -2.08. The van der Waals surface area contributed by atoms with Crippen molar-refractivity contribution in [1.82, 2.24) is 30.2 Å². The fourth-order valence-electron chi connectivity index (χ4n) is 3.82. The molecule has 0 spiro atoms. The van der Waals surface area contributed by atoms with E-state index in [1.807, 2.05) is 49.4 Å². The van der Waals surface area contributed by atoms with Gasteiger partial charge in [-0.2, -0.15) is 10.2 Å². The number of aromatic nitrogens is 6. The van der Waals surface area contributed by atoms with Crippen LogP contribution in [0.15, 0.2) is 51.4 Å². The molecule has 0 atom stereocenters. The second-order valence-electron chi connectivity index (χ2n) is 7.36. The molecule has 0 saturated carbocycles. The molecule has 0 fully saturated rings. The number of nitrogens with zero attached hydrogens (tertiary/aromatic N) is 5. The van der Waals surface area contributed by atoms with E-state index in [-0.39, 0.29) is 0 Å². The Morgan fingerprint density at radius 1 is 1.21 bits per heavy atom. The second-order valence-corrected chi connectivity index (χ2v) is 8.15. The van der Waals surface area contributed by atoms with E-state index in [0.717, 1.165) is 38.4 Å². The van der Waals surface area contributed by atoms with Gasteiger partial charge in [0.1, 0.15) is 17.0 Å². The molecule has 10 heteroatoms. The summed E-state index contributed by atoms with van der Waals surface area (Å²) < 4.78 is 14.4. The molecule has 2 aromatic carbocycles. The van der Waals surface area contributed by atoms with Gasteiger partial charge in [-0.3, -0.25) is 9.36 Å². The molecule has 9 nitrogen and oxygen atoms in total. The van der Waals surface area contributed by atoms with Gasteiger partial charge in [0.15, 0.2) is 6.29 Å². The Morgan fingerprint density at radius 3 is 2.76 bits per heavy atom. The lowest BCUT2D eigenvalue weighted by molar-refractivity contribution is 0.111. The number of hydrogen-bond acceptors (Lipinski definition) is 7. The lowest BCUT2D eigenvalue weighted by Gasteiger charge is -2.09. The highest BCUT2D eigenvalue weighted by Gasteiger charge is 2.20. The van der Waals surface area contributed by atoms with Gasteiger partial charge in [-0.1, -0.05) is 30.3 Å².